The lowest BCUT2D eigenvalue weighted by atomic mass is 10.2. The molecular weight excluding hydrogens is 387 g/mol. The summed E-state index contributed by atoms with van der Waals surface area (Å²) in [6, 6.07) is 8.19. The van der Waals surface area contributed by atoms with Gasteiger partial charge in [0.2, 0.25) is 0 Å². The molecule has 10 heteroatoms. The Morgan fingerprint density at radius 1 is 1.25 bits per heavy atom. The minimum Gasteiger partial charge on any atom is -0.380 e. The third-order valence-electron chi connectivity index (χ3n) is 4.16. The number of nitrogens with zero attached hydrogens (tertiary/aromatic N) is 3. The van der Waals surface area contributed by atoms with Crippen molar-refractivity contribution in [3.8, 4) is 5.69 Å². The Hall–Kier alpha value is -3.27. The average molecular weight is 404 g/mol. The lowest BCUT2D eigenvalue weighted by Gasteiger charge is -2.12. The van der Waals surface area contributed by atoms with Crippen molar-refractivity contribution >= 4 is 21.2 Å². The molecule has 0 fully saturated rings. The van der Waals surface area contributed by atoms with Crippen LogP contribution in [0.5, 0.6) is 0 Å². The van der Waals surface area contributed by atoms with Crippen LogP contribution in [-0.2, 0) is 16.4 Å². The summed E-state index contributed by atoms with van der Waals surface area (Å²) in [7, 11) is -3.69. The molecule has 1 heterocycles. The van der Waals surface area contributed by atoms with Gasteiger partial charge in [-0.3, -0.25) is 10.1 Å². The van der Waals surface area contributed by atoms with Gasteiger partial charge in [-0.1, -0.05) is 6.07 Å². The second kappa shape index (κ2) is 7.39. The fourth-order valence-electron chi connectivity index (χ4n) is 2.76. The first kappa shape index (κ1) is 19.5. The van der Waals surface area contributed by atoms with Gasteiger partial charge in [0, 0.05) is 37.3 Å². The first-order valence-electron chi connectivity index (χ1n) is 8.18. The Kier molecular flexibility index (Phi) is 5.14. The zero-order valence-corrected chi connectivity index (χ0v) is 15.9. The van der Waals surface area contributed by atoms with Crippen LogP contribution >= 0.6 is 0 Å². The average Bonchev–Trinajstić information content (AvgIpc) is 3.04. The van der Waals surface area contributed by atoms with Gasteiger partial charge in [0.05, 0.1) is 21.2 Å². The number of aromatic nitrogens is 2. The van der Waals surface area contributed by atoms with Gasteiger partial charge in [0.15, 0.2) is 9.84 Å². The predicted octanol–water partition coefficient (Wildman–Crippen LogP) is 3.24. The molecule has 3 rings (SSSR count). The highest BCUT2D eigenvalue weighted by molar-refractivity contribution is 7.90. The minimum absolute atomic E-state index is 0.139. The summed E-state index contributed by atoms with van der Waals surface area (Å²) in [4.78, 5) is 14.1. The van der Waals surface area contributed by atoms with E-state index in [1.54, 1.807) is 36.0 Å². The van der Waals surface area contributed by atoms with Gasteiger partial charge in [-0.15, -0.1) is 0 Å². The number of hydrogen-bond donors (Lipinski definition) is 1. The number of nitro groups is 1. The van der Waals surface area contributed by atoms with Gasteiger partial charge in [-0.25, -0.2) is 17.8 Å². The van der Waals surface area contributed by atoms with Gasteiger partial charge >= 0.3 is 0 Å². The highest BCUT2D eigenvalue weighted by Crippen LogP contribution is 2.27. The zero-order chi connectivity index (χ0) is 20.5. The van der Waals surface area contributed by atoms with Crippen molar-refractivity contribution in [2.24, 2.45) is 0 Å². The number of anilines is 1. The number of hydrogen-bond acceptors (Lipinski definition) is 6. The molecule has 1 N–H and O–H groups in total. The molecule has 3 aromatic rings. The maximum Gasteiger partial charge on any atom is 0.270 e. The molecule has 146 valence electrons. The first-order valence-corrected chi connectivity index (χ1v) is 10.1. The van der Waals surface area contributed by atoms with Gasteiger partial charge in [-0.2, -0.15) is 0 Å². The lowest BCUT2D eigenvalue weighted by Crippen LogP contribution is -2.08. The summed E-state index contributed by atoms with van der Waals surface area (Å²) in [5, 5.41) is 13.8. The lowest BCUT2D eigenvalue weighted by molar-refractivity contribution is -0.385. The van der Waals surface area contributed by atoms with Crippen LogP contribution < -0.4 is 5.32 Å². The number of rotatable bonds is 6. The number of aryl methyl sites for hydroxylation is 1. The van der Waals surface area contributed by atoms with Crippen LogP contribution in [0.15, 0.2) is 53.7 Å². The van der Waals surface area contributed by atoms with Crippen molar-refractivity contribution in [2.45, 2.75) is 18.4 Å². The van der Waals surface area contributed by atoms with Crippen LogP contribution in [-0.4, -0.2) is 29.1 Å². The Bertz CT molecular complexity index is 1160. The van der Waals surface area contributed by atoms with E-state index in [0.717, 1.165) is 12.3 Å². The molecule has 28 heavy (non-hydrogen) atoms. The van der Waals surface area contributed by atoms with E-state index >= 15 is 0 Å². The summed E-state index contributed by atoms with van der Waals surface area (Å²) >= 11 is 0. The Morgan fingerprint density at radius 2 is 2.00 bits per heavy atom. The van der Waals surface area contributed by atoms with E-state index in [-0.39, 0.29) is 22.8 Å². The molecule has 2 aromatic carbocycles. The van der Waals surface area contributed by atoms with Crippen LogP contribution in [0.3, 0.4) is 0 Å². The highest BCUT2D eigenvalue weighted by atomic mass is 32.2. The van der Waals surface area contributed by atoms with E-state index in [1.807, 2.05) is 0 Å². The van der Waals surface area contributed by atoms with Crippen LogP contribution in [0, 0.1) is 22.9 Å². The number of nitro benzene ring substituents is 1. The topological polar surface area (TPSA) is 107 Å². The second-order valence-corrected chi connectivity index (χ2v) is 8.18. The molecule has 0 atom stereocenters. The fourth-order valence-corrected chi connectivity index (χ4v) is 3.64. The van der Waals surface area contributed by atoms with Crippen LogP contribution in [0.1, 0.15) is 11.4 Å². The maximum atomic E-state index is 14.5. The number of nitrogens with one attached hydrogen (secondary N) is 1. The second-order valence-electron chi connectivity index (χ2n) is 6.19. The summed E-state index contributed by atoms with van der Waals surface area (Å²) in [5.74, 6) is 0.195. The quantitative estimate of drug-likeness (QED) is 0.499. The number of non-ortho nitro benzene ring substituents is 1. The Balaban J connectivity index is 1.86. The Labute approximate surface area is 160 Å². The number of imidazole rings is 1. The van der Waals surface area contributed by atoms with E-state index in [4.69, 9.17) is 0 Å². The van der Waals surface area contributed by atoms with Crippen molar-refractivity contribution in [1.82, 2.24) is 9.55 Å². The molecule has 1 aromatic heterocycles. The van der Waals surface area contributed by atoms with Crippen molar-refractivity contribution in [1.29, 1.82) is 0 Å². The largest absolute Gasteiger partial charge is 0.380 e. The van der Waals surface area contributed by atoms with Crippen molar-refractivity contribution in [2.75, 3.05) is 11.6 Å². The number of halogens is 1. The van der Waals surface area contributed by atoms with Crippen molar-refractivity contribution in [3.63, 3.8) is 0 Å². The molecule has 0 amide bonds. The molecular formula is C18H17FN4O4S. The molecule has 0 unspecified atom stereocenters. The monoisotopic (exact) mass is 404 g/mol. The maximum absolute atomic E-state index is 14.5. The van der Waals surface area contributed by atoms with Gasteiger partial charge in [0.1, 0.15) is 11.6 Å². The normalized spacial score (nSPS) is 11.4. The summed E-state index contributed by atoms with van der Waals surface area (Å²) in [5.41, 5.74) is 0.822. The number of sulfone groups is 1. The van der Waals surface area contributed by atoms with Gasteiger partial charge in [-0.05, 0) is 30.7 Å². The van der Waals surface area contributed by atoms with Crippen molar-refractivity contribution < 1.29 is 17.7 Å². The van der Waals surface area contributed by atoms with E-state index in [2.05, 4.69) is 10.3 Å². The summed E-state index contributed by atoms with van der Waals surface area (Å²) in [6.45, 7) is 1.90. The first-order chi connectivity index (χ1) is 13.2. The van der Waals surface area contributed by atoms with Crippen molar-refractivity contribution in [3.05, 3.63) is 76.1 Å². The predicted molar refractivity (Wildman–Crippen MR) is 102 cm³/mol. The van der Waals surface area contributed by atoms with E-state index in [0.29, 0.717) is 17.1 Å². The molecule has 0 aliphatic carbocycles. The highest BCUT2D eigenvalue weighted by Gasteiger charge is 2.18. The van der Waals surface area contributed by atoms with E-state index in [9.17, 15) is 22.9 Å². The molecule has 0 bridgehead atoms. The third-order valence-corrected chi connectivity index (χ3v) is 5.29. The summed E-state index contributed by atoms with van der Waals surface area (Å²) < 4.78 is 40.0. The SMILES string of the molecule is Cc1nccn1-c1ccc(CNc2ccc([N+](=O)[O-])cc2S(C)(=O)=O)cc1F. The molecule has 0 saturated carbocycles. The molecule has 0 radical (unpaired) electrons. The summed E-state index contributed by atoms with van der Waals surface area (Å²) in [6.07, 6.45) is 4.20. The smallest absolute Gasteiger partial charge is 0.270 e. The zero-order valence-electron chi connectivity index (χ0n) is 15.1. The fraction of sp³-hybridized carbons (Fsp3) is 0.167. The third kappa shape index (κ3) is 4.01. The van der Waals surface area contributed by atoms with Crippen LogP contribution in [0.4, 0.5) is 15.8 Å². The molecule has 0 aliphatic heterocycles. The van der Waals surface area contributed by atoms with Gasteiger partial charge in [0.25, 0.3) is 5.69 Å². The van der Waals surface area contributed by atoms with Crippen LogP contribution in [0.2, 0.25) is 0 Å². The van der Waals surface area contributed by atoms with Crippen LogP contribution in [0.25, 0.3) is 5.69 Å². The Morgan fingerprint density at radius 3 is 2.57 bits per heavy atom. The minimum atomic E-state index is -3.69. The standard InChI is InChI=1S/C18H17FN4O4S/c1-12-20-7-8-22(12)17-6-3-13(9-15(17)19)11-21-16-5-4-14(23(24)25)10-18(16)28(2,26)27/h3-10,21H,11H2,1-2H3. The molecule has 8 nitrogen and oxygen atoms in total. The molecule has 0 saturated heterocycles. The van der Waals surface area contributed by atoms with Gasteiger partial charge < -0.3 is 9.88 Å². The molecule has 0 spiro atoms. The number of benzene rings is 2. The van der Waals surface area contributed by atoms with E-state index < -0.39 is 20.6 Å². The van der Waals surface area contributed by atoms with E-state index in [1.165, 1.54) is 18.2 Å². The molecule has 0 aliphatic rings.